The van der Waals surface area contributed by atoms with Gasteiger partial charge < -0.3 is 14.2 Å². The molecule has 17 heavy (non-hydrogen) atoms. The van der Waals surface area contributed by atoms with Crippen molar-refractivity contribution >= 4 is 0 Å². The van der Waals surface area contributed by atoms with Crippen LogP contribution in [-0.4, -0.2) is 19.9 Å². The molecule has 0 aliphatic carbocycles. The highest BCUT2D eigenvalue weighted by molar-refractivity contribution is 5.55. The van der Waals surface area contributed by atoms with Gasteiger partial charge in [0.25, 0.3) is 0 Å². The molecule has 2 rings (SSSR count). The molecule has 4 nitrogen and oxygen atoms in total. The van der Waals surface area contributed by atoms with Crippen molar-refractivity contribution < 1.29 is 14.2 Å². The highest BCUT2D eigenvalue weighted by Crippen LogP contribution is 2.41. The lowest BCUT2D eigenvalue weighted by atomic mass is 10.1. The predicted octanol–water partition coefficient (Wildman–Crippen LogP) is 1.54. The normalized spacial score (nSPS) is 14.2. The molecule has 1 aromatic rings. The van der Waals surface area contributed by atoms with Crippen molar-refractivity contribution in [3.05, 3.63) is 17.7 Å². The van der Waals surface area contributed by atoms with Crippen LogP contribution in [0.2, 0.25) is 0 Å². The summed E-state index contributed by atoms with van der Waals surface area (Å²) in [5.74, 6) is 4.69. The smallest absolute Gasteiger partial charge is 0.231 e. The van der Waals surface area contributed by atoms with E-state index in [1.54, 1.807) is 7.11 Å². The maximum atomic E-state index is 5.34. The first-order valence-corrected chi connectivity index (χ1v) is 5.40. The molecule has 1 atom stereocenters. The lowest BCUT2D eigenvalue weighted by Crippen LogP contribution is -2.23. The quantitative estimate of drug-likeness (QED) is 0.801. The standard InChI is InChI=1S/C13H15NO3/c1-4-9(2)14-7-10-5-11(15-3)13-12(6-10)16-8-17-13/h1,5-6,9,14H,7-8H2,2-3H3. The number of terminal acetylenes is 1. The number of benzene rings is 1. The highest BCUT2D eigenvalue weighted by atomic mass is 16.7. The predicted molar refractivity (Wildman–Crippen MR) is 64.3 cm³/mol. The molecule has 0 radical (unpaired) electrons. The summed E-state index contributed by atoms with van der Waals surface area (Å²) >= 11 is 0. The number of nitrogens with one attached hydrogen (secondary N) is 1. The summed E-state index contributed by atoms with van der Waals surface area (Å²) in [6, 6.07) is 3.89. The van der Waals surface area contributed by atoms with Crippen molar-refractivity contribution in [1.29, 1.82) is 0 Å². The fourth-order valence-electron chi connectivity index (χ4n) is 1.62. The van der Waals surface area contributed by atoms with Crippen LogP contribution in [0.15, 0.2) is 12.1 Å². The topological polar surface area (TPSA) is 39.7 Å². The van der Waals surface area contributed by atoms with Crippen molar-refractivity contribution in [3.63, 3.8) is 0 Å². The molecule has 0 bridgehead atoms. The molecule has 90 valence electrons. The summed E-state index contributed by atoms with van der Waals surface area (Å²) < 4.78 is 15.9. The minimum Gasteiger partial charge on any atom is -0.493 e. The summed E-state index contributed by atoms with van der Waals surface area (Å²) in [5, 5.41) is 3.20. The fourth-order valence-corrected chi connectivity index (χ4v) is 1.62. The van der Waals surface area contributed by atoms with E-state index in [1.165, 1.54) is 0 Å². The largest absolute Gasteiger partial charge is 0.493 e. The number of methoxy groups -OCH3 is 1. The van der Waals surface area contributed by atoms with Crippen LogP contribution in [0.1, 0.15) is 12.5 Å². The Kier molecular flexibility index (Phi) is 3.40. The Hall–Kier alpha value is -1.86. The number of rotatable bonds is 4. The lowest BCUT2D eigenvalue weighted by Gasteiger charge is -2.10. The number of fused-ring (bicyclic) bond motifs is 1. The summed E-state index contributed by atoms with van der Waals surface area (Å²) in [7, 11) is 1.61. The second-order valence-corrected chi connectivity index (χ2v) is 3.80. The van der Waals surface area contributed by atoms with Gasteiger partial charge in [0.2, 0.25) is 12.5 Å². The third-order valence-electron chi connectivity index (χ3n) is 2.58. The summed E-state index contributed by atoms with van der Waals surface area (Å²) in [6.45, 7) is 2.84. The molecule has 1 aliphatic heterocycles. The lowest BCUT2D eigenvalue weighted by molar-refractivity contribution is 0.171. The van der Waals surface area contributed by atoms with E-state index >= 15 is 0 Å². The van der Waals surface area contributed by atoms with Crippen LogP contribution in [0.3, 0.4) is 0 Å². The third kappa shape index (κ3) is 2.45. The molecule has 4 heteroatoms. The van der Waals surface area contributed by atoms with Crippen molar-refractivity contribution in [1.82, 2.24) is 5.32 Å². The van der Waals surface area contributed by atoms with Gasteiger partial charge in [-0.2, -0.15) is 0 Å². The van der Waals surface area contributed by atoms with Gasteiger partial charge in [0.15, 0.2) is 11.5 Å². The first kappa shape index (κ1) is 11.6. The molecule has 1 aliphatic rings. The molecule has 0 fully saturated rings. The number of hydrogen-bond donors (Lipinski definition) is 1. The van der Waals surface area contributed by atoms with Crippen LogP contribution in [0.4, 0.5) is 0 Å². The van der Waals surface area contributed by atoms with Gasteiger partial charge in [-0.05, 0) is 24.6 Å². The highest BCUT2D eigenvalue weighted by Gasteiger charge is 2.19. The van der Waals surface area contributed by atoms with Crippen LogP contribution in [0.25, 0.3) is 0 Å². The van der Waals surface area contributed by atoms with Gasteiger partial charge in [0, 0.05) is 6.54 Å². The van der Waals surface area contributed by atoms with Gasteiger partial charge in [-0.25, -0.2) is 0 Å². The molecule has 0 saturated heterocycles. The third-order valence-corrected chi connectivity index (χ3v) is 2.58. The molecular weight excluding hydrogens is 218 g/mol. The van der Waals surface area contributed by atoms with Crippen molar-refractivity contribution in [2.24, 2.45) is 0 Å². The SMILES string of the molecule is C#CC(C)NCc1cc(OC)c2c(c1)OCO2. The van der Waals surface area contributed by atoms with Crippen LogP contribution < -0.4 is 19.5 Å². The van der Waals surface area contributed by atoms with Gasteiger partial charge >= 0.3 is 0 Å². The van der Waals surface area contributed by atoms with E-state index < -0.39 is 0 Å². The van der Waals surface area contributed by atoms with Crippen LogP contribution >= 0.6 is 0 Å². The average Bonchev–Trinajstić information content (AvgIpc) is 2.82. The van der Waals surface area contributed by atoms with Crippen molar-refractivity contribution in [2.45, 2.75) is 19.5 Å². The second-order valence-electron chi connectivity index (χ2n) is 3.80. The van der Waals surface area contributed by atoms with E-state index in [9.17, 15) is 0 Å². The summed E-state index contributed by atoms with van der Waals surface area (Å²) in [5.41, 5.74) is 1.05. The minimum absolute atomic E-state index is 0.0337. The van der Waals surface area contributed by atoms with Crippen LogP contribution in [0, 0.1) is 12.3 Å². The molecule has 1 unspecified atom stereocenters. The molecule has 0 amide bonds. The molecule has 0 aromatic heterocycles. The van der Waals surface area contributed by atoms with E-state index in [-0.39, 0.29) is 12.8 Å². The van der Waals surface area contributed by atoms with Crippen LogP contribution in [0.5, 0.6) is 17.2 Å². The van der Waals surface area contributed by atoms with E-state index in [2.05, 4.69) is 11.2 Å². The van der Waals surface area contributed by atoms with Gasteiger partial charge in [-0.1, -0.05) is 5.92 Å². The number of ether oxygens (including phenoxy) is 3. The Morgan fingerprint density at radius 2 is 2.35 bits per heavy atom. The van der Waals surface area contributed by atoms with Crippen LogP contribution in [-0.2, 0) is 6.54 Å². The second kappa shape index (κ2) is 4.98. The summed E-state index contributed by atoms with van der Waals surface area (Å²) in [6.07, 6.45) is 5.30. The maximum absolute atomic E-state index is 5.34. The minimum atomic E-state index is 0.0337. The average molecular weight is 233 g/mol. The molecule has 0 spiro atoms. The Bertz CT molecular complexity index is 451. The van der Waals surface area contributed by atoms with Gasteiger partial charge in [0.05, 0.1) is 13.2 Å². The molecular formula is C13H15NO3. The molecule has 1 N–H and O–H groups in total. The van der Waals surface area contributed by atoms with E-state index in [0.29, 0.717) is 18.0 Å². The Labute approximate surface area is 101 Å². The number of hydrogen-bond acceptors (Lipinski definition) is 4. The monoisotopic (exact) mass is 233 g/mol. The maximum Gasteiger partial charge on any atom is 0.231 e. The first-order valence-electron chi connectivity index (χ1n) is 5.40. The van der Waals surface area contributed by atoms with Gasteiger partial charge in [0.1, 0.15) is 0 Å². The van der Waals surface area contributed by atoms with Gasteiger partial charge in [-0.15, -0.1) is 6.42 Å². The zero-order chi connectivity index (χ0) is 12.3. The van der Waals surface area contributed by atoms with E-state index in [1.807, 2.05) is 19.1 Å². The first-order chi connectivity index (χ1) is 8.24. The molecule has 1 heterocycles. The molecule has 0 saturated carbocycles. The Morgan fingerprint density at radius 3 is 3.06 bits per heavy atom. The summed E-state index contributed by atoms with van der Waals surface area (Å²) in [4.78, 5) is 0. The molecule has 1 aromatic carbocycles. The van der Waals surface area contributed by atoms with E-state index in [4.69, 9.17) is 20.6 Å². The van der Waals surface area contributed by atoms with Crippen molar-refractivity contribution in [3.8, 4) is 29.6 Å². The zero-order valence-corrected chi connectivity index (χ0v) is 9.95. The van der Waals surface area contributed by atoms with Crippen molar-refractivity contribution in [2.75, 3.05) is 13.9 Å². The Morgan fingerprint density at radius 1 is 1.53 bits per heavy atom. The Balaban J connectivity index is 2.16. The van der Waals surface area contributed by atoms with Gasteiger partial charge in [-0.3, -0.25) is 5.32 Å². The van der Waals surface area contributed by atoms with E-state index in [0.717, 1.165) is 11.3 Å². The zero-order valence-electron chi connectivity index (χ0n) is 9.95. The fraction of sp³-hybridized carbons (Fsp3) is 0.385.